The number of nitrogens with two attached hydrogens (primary N) is 1. The molecule has 2 heterocycles. The highest BCUT2D eigenvalue weighted by Crippen LogP contribution is 2.30. The summed E-state index contributed by atoms with van der Waals surface area (Å²) in [5.74, 6) is -0.297. The van der Waals surface area contributed by atoms with Gasteiger partial charge in [-0.3, -0.25) is 19.9 Å². The number of nitrogen functional groups attached to an aromatic ring is 1. The molecule has 0 saturated heterocycles. The molecule has 2 aromatic rings. The summed E-state index contributed by atoms with van der Waals surface area (Å²) in [7, 11) is 0. The molecule has 0 aliphatic heterocycles. The third-order valence-corrected chi connectivity index (χ3v) is 2.80. The van der Waals surface area contributed by atoms with Crippen molar-refractivity contribution in [3.05, 3.63) is 51.5 Å². The van der Waals surface area contributed by atoms with Crippen molar-refractivity contribution < 1.29 is 9.72 Å². The summed E-state index contributed by atoms with van der Waals surface area (Å²) in [6.45, 7) is 2.18. The second-order valence-electron chi connectivity index (χ2n) is 4.36. The van der Waals surface area contributed by atoms with E-state index in [0.29, 0.717) is 12.8 Å². The molecule has 108 valence electrons. The SMILES string of the molecule is Cc1ccc(CNc2cc(C=O)nc(N)c2[N+](=O)[O-])cn1. The normalized spacial score (nSPS) is 10.1. The lowest BCUT2D eigenvalue weighted by Crippen LogP contribution is -2.08. The Morgan fingerprint density at radius 3 is 2.81 bits per heavy atom. The van der Waals surface area contributed by atoms with Gasteiger partial charge in [0.2, 0.25) is 5.82 Å². The van der Waals surface area contributed by atoms with E-state index in [1.54, 1.807) is 6.20 Å². The maximum atomic E-state index is 11.0. The number of aldehydes is 1. The van der Waals surface area contributed by atoms with Crippen molar-refractivity contribution in [1.82, 2.24) is 9.97 Å². The standard InChI is InChI=1S/C13H13N5O3/c1-8-2-3-9(5-15-8)6-16-11-4-10(7-19)17-13(14)12(11)18(20)21/h2-5,7H,6H2,1H3,(H3,14,16,17). The summed E-state index contributed by atoms with van der Waals surface area (Å²) in [6.07, 6.45) is 2.15. The zero-order chi connectivity index (χ0) is 15.4. The average molecular weight is 287 g/mol. The minimum atomic E-state index is -0.632. The first-order chi connectivity index (χ1) is 10.0. The molecule has 0 saturated carbocycles. The smallest absolute Gasteiger partial charge is 0.334 e. The number of nitrogens with one attached hydrogen (secondary N) is 1. The Kier molecular flexibility index (Phi) is 4.07. The molecule has 2 aromatic heterocycles. The van der Waals surface area contributed by atoms with E-state index in [1.807, 2.05) is 19.1 Å². The second kappa shape index (κ2) is 5.95. The largest absolute Gasteiger partial charge is 0.378 e. The first-order valence-corrected chi connectivity index (χ1v) is 6.06. The zero-order valence-electron chi connectivity index (χ0n) is 11.2. The summed E-state index contributed by atoms with van der Waals surface area (Å²) >= 11 is 0. The second-order valence-corrected chi connectivity index (χ2v) is 4.36. The molecule has 0 aliphatic rings. The number of aryl methyl sites for hydroxylation is 1. The van der Waals surface area contributed by atoms with Gasteiger partial charge in [0.1, 0.15) is 11.4 Å². The fourth-order valence-electron chi connectivity index (χ4n) is 1.77. The van der Waals surface area contributed by atoms with Crippen LogP contribution in [0.25, 0.3) is 0 Å². The van der Waals surface area contributed by atoms with E-state index in [1.165, 1.54) is 6.07 Å². The molecule has 21 heavy (non-hydrogen) atoms. The number of aromatic nitrogens is 2. The Labute approximate surface area is 120 Å². The van der Waals surface area contributed by atoms with Crippen molar-refractivity contribution >= 4 is 23.5 Å². The summed E-state index contributed by atoms with van der Waals surface area (Å²) in [4.78, 5) is 29.0. The predicted molar refractivity (Wildman–Crippen MR) is 77.0 cm³/mol. The molecule has 8 heteroatoms. The summed E-state index contributed by atoms with van der Waals surface area (Å²) < 4.78 is 0. The van der Waals surface area contributed by atoms with Crippen LogP contribution in [0.3, 0.4) is 0 Å². The van der Waals surface area contributed by atoms with E-state index in [-0.39, 0.29) is 22.9 Å². The third-order valence-electron chi connectivity index (χ3n) is 2.80. The van der Waals surface area contributed by atoms with Gasteiger partial charge in [0.25, 0.3) is 0 Å². The van der Waals surface area contributed by atoms with Gasteiger partial charge < -0.3 is 11.1 Å². The molecule has 0 fully saturated rings. The van der Waals surface area contributed by atoms with Crippen LogP contribution in [0.2, 0.25) is 0 Å². The number of hydrogen-bond donors (Lipinski definition) is 2. The summed E-state index contributed by atoms with van der Waals surface area (Å²) in [6, 6.07) is 4.98. The number of hydrogen-bond acceptors (Lipinski definition) is 7. The predicted octanol–water partition coefficient (Wildman–Crippen LogP) is 1.70. The molecule has 2 rings (SSSR count). The van der Waals surface area contributed by atoms with E-state index in [4.69, 9.17) is 5.73 Å². The fourth-order valence-corrected chi connectivity index (χ4v) is 1.77. The van der Waals surface area contributed by atoms with Crippen LogP contribution in [0, 0.1) is 17.0 Å². The van der Waals surface area contributed by atoms with Crippen LogP contribution in [-0.4, -0.2) is 21.2 Å². The van der Waals surface area contributed by atoms with Crippen LogP contribution in [0.4, 0.5) is 17.2 Å². The van der Waals surface area contributed by atoms with Gasteiger partial charge in [-0.25, -0.2) is 4.98 Å². The minimum absolute atomic E-state index is 0.0302. The quantitative estimate of drug-likeness (QED) is 0.487. The Bertz CT molecular complexity index is 685. The van der Waals surface area contributed by atoms with E-state index in [9.17, 15) is 14.9 Å². The van der Waals surface area contributed by atoms with Crippen LogP contribution >= 0.6 is 0 Å². The molecule has 8 nitrogen and oxygen atoms in total. The van der Waals surface area contributed by atoms with Gasteiger partial charge >= 0.3 is 5.69 Å². The van der Waals surface area contributed by atoms with E-state index in [2.05, 4.69) is 15.3 Å². The van der Waals surface area contributed by atoms with Gasteiger partial charge in [-0.05, 0) is 24.6 Å². The molecule has 0 aromatic carbocycles. The zero-order valence-corrected chi connectivity index (χ0v) is 11.2. The molecular formula is C13H13N5O3. The first kappa shape index (κ1) is 14.4. The summed E-state index contributed by atoms with van der Waals surface area (Å²) in [5.41, 5.74) is 7.08. The minimum Gasteiger partial charge on any atom is -0.378 e. The third kappa shape index (κ3) is 3.30. The number of pyridine rings is 2. The van der Waals surface area contributed by atoms with Gasteiger partial charge in [0, 0.05) is 18.4 Å². The number of rotatable bonds is 5. The monoisotopic (exact) mass is 287 g/mol. The molecule has 0 unspecified atom stereocenters. The number of nitrogens with zero attached hydrogens (tertiary/aromatic N) is 3. The van der Waals surface area contributed by atoms with E-state index >= 15 is 0 Å². The molecule has 0 atom stereocenters. The number of nitro groups is 1. The van der Waals surface area contributed by atoms with Crippen molar-refractivity contribution in [3.63, 3.8) is 0 Å². The van der Waals surface area contributed by atoms with Crippen molar-refractivity contribution in [3.8, 4) is 0 Å². The summed E-state index contributed by atoms with van der Waals surface area (Å²) in [5, 5.41) is 13.9. The number of carbonyl (C=O) groups excluding carboxylic acids is 1. The highest BCUT2D eigenvalue weighted by atomic mass is 16.6. The first-order valence-electron chi connectivity index (χ1n) is 6.06. The lowest BCUT2D eigenvalue weighted by Gasteiger charge is -2.09. The average Bonchev–Trinajstić information content (AvgIpc) is 2.45. The van der Waals surface area contributed by atoms with E-state index < -0.39 is 4.92 Å². The van der Waals surface area contributed by atoms with Crippen LogP contribution in [0.1, 0.15) is 21.7 Å². The van der Waals surface area contributed by atoms with E-state index in [0.717, 1.165) is 11.3 Å². The van der Waals surface area contributed by atoms with Gasteiger partial charge in [-0.2, -0.15) is 0 Å². The van der Waals surface area contributed by atoms with Crippen LogP contribution < -0.4 is 11.1 Å². The molecule has 0 aliphatic carbocycles. The Morgan fingerprint density at radius 1 is 1.48 bits per heavy atom. The lowest BCUT2D eigenvalue weighted by atomic mass is 10.2. The highest BCUT2D eigenvalue weighted by Gasteiger charge is 2.20. The molecule has 3 N–H and O–H groups in total. The lowest BCUT2D eigenvalue weighted by molar-refractivity contribution is -0.383. The molecule has 0 radical (unpaired) electrons. The molecular weight excluding hydrogens is 274 g/mol. The molecule has 0 spiro atoms. The van der Waals surface area contributed by atoms with Crippen molar-refractivity contribution in [2.75, 3.05) is 11.1 Å². The van der Waals surface area contributed by atoms with Crippen LogP contribution in [0.5, 0.6) is 0 Å². The van der Waals surface area contributed by atoms with Gasteiger partial charge in [0.05, 0.1) is 4.92 Å². The maximum absolute atomic E-state index is 11.0. The number of carbonyl (C=O) groups is 1. The van der Waals surface area contributed by atoms with Gasteiger partial charge in [-0.1, -0.05) is 6.07 Å². The van der Waals surface area contributed by atoms with Gasteiger partial charge in [-0.15, -0.1) is 0 Å². The van der Waals surface area contributed by atoms with Crippen LogP contribution in [-0.2, 0) is 6.54 Å². The van der Waals surface area contributed by atoms with Crippen molar-refractivity contribution in [2.45, 2.75) is 13.5 Å². The highest BCUT2D eigenvalue weighted by molar-refractivity contribution is 5.81. The Balaban J connectivity index is 2.29. The molecule has 0 amide bonds. The molecule has 0 bridgehead atoms. The number of anilines is 2. The maximum Gasteiger partial charge on any atom is 0.334 e. The van der Waals surface area contributed by atoms with Crippen molar-refractivity contribution in [1.29, 1.82) is 0 Å². The van der Waals surface area contributed by atoms with Crippen LogP contribution in [0.15, 0.2) is 24.4 Å². The Hall–Kier alpha value is -3.03. The Morgan fingerprint density at radius 2 is 2.24 bits per heavy atom. The van der Waals surface area contributed by atoms with Crippen molar-refractivity contribution in [2.24, 2.45) is 0 Å². The fraction of sp³-hybridized carbons (Fsp3) is 0.154. The topological polar surface area (TPSA) is 124 Å². The van der Waals surface area contributed by atoms with Gasteiger partial charge in [0.15, 0.2) is 6.29 Å².